The van der Waals surface area contributed by atoms with Crippen molar-refractivity contribution in [1.29, 1.82) is 0 Å². The molecule has 1 aliphatic heterocycles. The first-order valence-electron chi connectivity index (χ1n) is 5.87. The van der Waals surface area contributed by atoms with Crippen LogP contribution in [0.3, 0.4) is 0 Å². The van der Waals surface area contributed by atoms with Crippen LogP contribution in [0, 0.1) is 0 Å². The summed E-state index contributed by atoms with van der Waals surface area (Å²) in [5, 5.41) is 0.781. The molecule has 1 fully saturated rings. The summed E-state index contributed by atoms with van der Waals surface area (Å²) in [4.78, 5) is 0. The number of benzene rings is 1. The molecule has 3 rings (SSSR count). The molecule has 2 nitrogen and oxygen atoms in total. The fourth-order valence-corrected chi connectivity index (χ4v) is 2.93. The van der Waals surface area contributed by atoms with Gasteiger partial charge in [-0.1, -0.05) is 11.6 Å². The molecular formula is C13H16ClNO. The van der Waals surface area contributed by atoms with Gasteiger partial charge in [-0.15, -0.1) is 0 Å². The Morgan fingerprint density at radius 3 is 2.81 bits per heavy atom. The highest BCUT2D eigenvalue weighted by Gasteiger charge is 2.39. The van der Waals surface area contributed by atoms with Crippen LogP contribution in [0.25, 0.3) is 0 Å². The molecular weight excluding hydrogens is 222 g/mol. The second-order valence-electron chi connectivity index (χ2n) is 5.08. The quantitative estimate of drug-likeness (QED) is 0.815. The monoisotopic (exact) mass is 237 g/mol. The van der Waals surface area contributed by atoms with Gasteiger partial charge in [0.25, 0.3) is 0 Å². The topological polar surface area (TPSA) is 35.2 Å². The molecule has 0 radical (unpaired) electrons. The molecule has 3 heteroatoms. The van der Waals surface area contributed by atoms with Crippen LogP contribution in [-0.4, -0.2) is 6.10 Å². The lowest BCUT2D eigenvalue weighted by molar-refractivity contribution is 0.219. The van der Waals surface area contributed by atoms with E-state index in [9.17, 15) is 0 Å². The maximum atomic E-state index is 6.37. The minimum Gasteiger partial charge on any atom is -0.490 e. The Bertz CT molecular complexity index is 440. The van der Waals surface area contributed by atoms with E-state index in [1.165, 1.54) is 12.0 Å². The Labute approximate surface area is 101 Å². The van der Waals surface area contributed by atoms with E-state index in [1.54, 1.807) is 0 Å². The van der Waals surface area contributed by atoms with E-state index in [0.717, 1.165) is 35.6 Å². The molecule has 1 heterocycles. The van der Waals surface area contributed by atoms with Crippen molar-refractivity contribution in [3.63, 3.8) is 0 Å². The number of fused-ring (bicyclic) bond motifs is 1. The van der Waals surface area contributed by atoms with Crippen molar-refractivity contribution in [1.82, 2.24) is 0 Å². The second kappa shape index (κ2) is 3.38. The predicted molar refractivity (Wildman–Crippen MR) is 65.0 cm³/mol. The van der Waals surface area contributed by atoms with Crippen LogP contribution >= 0.6 is 11.6 Å². The van der Waals surface area contributed by atoms with Gasteiger partial charge in [0, 0.05) is 22.5 Å². The summed E-state index contributed by atoms with van der Waals surface area (Å²) in [5.74, 6) is 0.999. The predicted octanol–water partition coefficient (Wildman–Crippen LogP) is 3.00. The molecule has 0 bridgehead atoms. The zero-order valence-electron chi connectivity index (χ0n) is 9.42. The molecule has 0 aromatic heterocycles. The summed E-state index contributed by atoms with van der Waals surface area (Å²) < 4.78 is 5.88. The van der Waals surface area contributed by atoms with Crippen molar-refractivity contribution in [2.24, 2.45) is 5.73 Å². The van der Waals surface area contributed by atoms with E-state index in [0.29, 0.717) is 0 Å². The van der Waals surface area contributed by atoms with Crippen LogP contribution in [0.5, 0.6) is 5.75 Å². The maximum absolute atomic E-state index is 6.37. The average Bonchev–Trinajstić information content (AvgIpc) is 2.53. The molecule has 0 spiro atoms. The summed E-state index contributed by atoms with van der Waals surface area (Å²) in [6.07, 6.45) is 4.47. The summed E-state index contributed by atoms with van der Waals surface area (Å²) in [7, 11) is 0. The van der Waals surface area contributed by atoms with Gasteiger partial charge in [0.15, 0.2) is 0 Å². The number of halogens is 1. The normalized spacial score (nSPS) is 25.8. The van der Waals surface area contributed by atoms with Gasteiger partial charge in [-0.2, -0.15) is 0 Å². The van der Waals surface area contributed by atoms with E-state index < -0.39 is 0 Å². The van der Waals surface area contributed by atoms with Crippen molar-refractivity contribution in [2.45, 2.75) is 44.2 Å². The van der Waals surface area contributed by atoms with Gasteiger partial charge in [-0.05, 0) is 43.9 Å². The largest absolute Gasteiger partial charge is 0.490 e. The van der Waals surface area contributed by atoms with Gasteiger partial charge in [0.2, 0.25) is 0 Å². The molecule has 1 saturated carbocycles. The van der Waals surface area contributed by atoms with E-state index in [1.807, 2.05) is 12.1 Å². The Kier molecular flexibility index (Phi) is 2.20. The standard InChI is InChI=1S/C13H16ClNO/c1-8-5-9-6-10(14)7-11(12(9)16-8)13(15)3-2-4-13/h6-8H,2-5,15H2,1H3. The number of hydrogen-bond donors (Lipinski definition) is 1. The molecule has 86 valence electrons. The van der Waals surface area contributed by atoms with Crippen molar-refractivity contribution in [2.75, 3.05) is 0 Å². The Morgan fingerprint density at radius 1 is 1.44 bits per heavy atom. The van der Waals surface area contributed by atoms with Crippen molar-refractivity contribution in [3.8, 4) is 5.75 Å². The van der Waals surface area contributed by atoms with E-state index in [4.69, 9.17) is 22.1 Å². The average molecular weight is 238 g/mol. The summed E-state index contributed by atoms with van der Waals surface area (Å²) >= 11 is 6.15. The molecule has 0 saturated heterocycles. The van der Waals surface area contributed by atoms with Gasteiger partial charge in [0.05, 0.1) is 0 Å². The molecule has 1 aromatic rings. The van der Waals surface area contributed by atoms with Crippen LogP contribution in [0.15, 0.2) is 12.1 Å². The minimum atomic E-state index is -0.195. The van der Waals surface area contributed by atoms with Crippen molar-refractivity contribution in [3.05, 3.63) is 28.3 Å². The molecule has 1 atom stereocenters. The van der Waals surface area contributed by atoms with Gasteiger partial charge in [-0.3, -0.25) is 0 Å². The minimum absolute atomic E-state index is 0.195. The van der Waals surface area contributed by atoms with E-state index in [2.05, 4.69) is 6.92 Å². The van der Waals surface area contributed by atoms with E-state index in [-0.39, 0.29) is 11.6 Å². The lowest BCUT2D eigenvalue weighted by atomic mass is 9.72. The van der Waals surface area contributed by atoms with Gasteiger partial charge in [-0.25, -0.2) is 0 Å². The first kappa shape index (κ1) is 10.4. The number of nitrogens with two attached hydrogens (primary N) is 1. The Hall–Kier alpha value is -0.730. The maximum Gasteiger partial charge on any atom is 0.128 e. The number of ether oxygens (including phenoxy) is 1. The fourth-order valence-electron chi connectivity index (χ4n) is 2.69. The molecule has 2 aliphatic rings. The van der Waals surface area contributed by atoms with Crippen molar-refractivity contribution >= 4 is 11.6 Å². The zero-order chi connectivity index (χ0) is 11.3. The Balaban J connectivity index is 2.11. The lowest BCUT2D eigenvalue weighted by Gasteiger charge is -2.39. The molecule has 0 amide bonds. The van der Waals surface area contributed by atoms with Crippen LogP contribution < -0.4 is 10.5 Å². The molecule has 1 aliphatic carbocycles. The third-order valence-electron chi connectivity index (χ3n) is 3.74. The fraction of sp³-hybridized carbons (Fsp3) is 0.538. The van der Waals surface area contributed by atoms with Crippen LogP contribution in [-0.2, 0) is 12.0 Å². The summed E-state index contributed by atoms with van der Waals surface area (Å²) in [6.45, 7) is 2.08. The van der Waals surface area contributed by atoms with Gasteiger partial charge < -0.3 is 10.5 Å². The number of rotatable bonds is 1. The van der Waals surface area contributed by atoms with Crippen LogP contribution in [0.4, 0.5) is 0 Å². The Morgan fingerprint density at radius 2 is 2.19 bits per heavy atom. The smallest absolute Gasteiger partial charge is 0.128 e. The SMILES string of the molecule is CC1Cc2cc(Cl)cc(C3(N)CCC3)c2O1. The van der Waals surface area contributed by atoms with Gasteiger partial charge >= 0.3 is 0 Å². The highest BCUT2D eigenvalue weighted by molar-refractivity contribution is 6.30. The third kappa shape index (κ3) is 1.44. The molecule has 1 unspecified atom stereocenters. The second-order valence-corrected chi connectivity index (χ2v) is 5.52. The molecule has 16 heavy (non-hydrogen) atoms. The molecule has 2 N–H and O–H groups in total. The zero-order valence-corrected chi connectivity index (χ0v) is 10.2. The first-order chi connectivity index (χ1) is 7.58. The summed E-state index contributed by atoms with van der Waals surface area (Å²) in [6, 6.07) is 3.99. The van der Waals surface area contributed by atoms with Crippen LogP contribution in [0.2, 0.25) is 5.02 Å². The van der Waals surface area contributed by atoms with Gasteiger partial charge in [0.1, 0.15) is 11.9 Å². The highest BCUT2D eigenvalue weighted by atomic mass is 35.5. The van der Waals surface area contributed by atoms with Crippen LogP contribution in [0.1, 0.15) is 37.3 Å². The lowest BCUT2D eigenvalue weighted by Crippen LogP contribution is -2.43. The third-order valence-corrected chi connectivity index (χ3v) is 3.96. The summed E-state index contributed by atoms with van der Waals surface area (Å²) in [5.41, 5.74) is 8.51. The van der Waals surface area contributed by atoms with Crippen molar-refractivity contribution < 1.29 is 4.74 Å². The highest BCUT2D eigenvalue weighted by Crippen LogP contribution is 2.47. The molecule has 1 aromatic carbocycles. The first-order valence-corrected chi connectivity index (χ1v) is 6.25. The van der Waals surface area contributed by atoms with E-state index >= 15 is 0 Å². The number of hydrogen-bond acceptors (Lipinski definition) is 2.